The summed E-state index contributed by atoms with van der Waals surface area (Å²) in [6.45, 7) is 4.08. The average molecular weight is 362 g/mol. The molecular weight excluding hydrogens is 340 g/mol. The van der Waals surface area contributed by atoms with Crippen LogP contribution < -0.4 is 0 Å². The summed E-state index contributed by atoms with van der Waals surface area (Å²) < 4.78 is 1.96. The van der Waals surface area contributed by atoms with E-state index in [0.717, 1.165) is 52.9 Å². The molecule has 138 valence electrons. The molecule has 0 aromatic carbocycles. The van der Waals surface area contributed by atoms with Gasteiger partial charge in [-0.15, -0.1) is 0 Å². The lowest BCUT2D eigenvalue weighted by molar-refractivity contribution is -0.137. The quantitative estimate of drug-likeness (QED) is 0.643. The van der Waals surface area contributed by atoms with E-state index in [0.29, 0.717) is 12.0 Å². The topological polar surface area (TPSA) is 91.3 Å². The zero-order valence-electron chi connectivity index (χ0n) is 15.6. The van der Waals surface area contributed by atoms with Crippen LogP contribution in [-0.2, 0) is 17.6 Å². The number of aliphatic carboxylic acids is 1. The smallest absolute Gasteiger partial charge is 0.303 e. The van der Waals surface area contributed by atoms with Gasteiger partial charge in [-0.25, -0.2) is 4.52 Å². The molecule has 3 aromatic heterocycles. The Labute approximate surface area is 158 Å². The number of nitrogens with zero attached hydrogens (tertiary/aromatic N) is 4. The minimum absolute atomic E-state index is 0.167. The summed E-state index contributed by atoms with van der Waals surface area (Å²) in [5.41, 5.74) is 6.55. The highest BCUT2D eigenvalue weighted by Crippen LogP contribution is 2.32. The van der Waals surface area contributed by atoms with Gasteiger partial charge in [0.25, 0.3) is 0 Å². The molecule has 0 unspecified atom stereocenters. The number of fused-ring (bicyclic) bond motifs is 1. The number of aryl methyl sites for hydroxylation is 2. The van der Waals surface area contributed by atoms with E-state index in [4.69, 9.17) is 10.2 Å². The highest BCUT2D eigenvalue weighted by Gasteiger charge is 2.17. The van der Waals surface area contributed by atoms with Crippen LogP contribution in [0.1, 0.15) is 48.7 Å². The summed E-state index contributed by atoms with van der Waals surface area (Å²) in [6, 6.07) is 8.13. The predicted molar refractivity (Wildman–Crippen MR) is 102 cm³/mol. The summed E-state index contributed by atoms with van der Waals surface area (Å²) >= 11 is 0. The minimum Gasteiger partial charge on any atom is -0.481 e. The van der Waals surface area contributed by atoms with E-state index in [-0.39, 0.29) is 6.42 Å². The molecule has 3 heterocycles. The van der Waals surface area contributed by atoms with Crippen LogP contribution in [0, 0.1) is 18.3 Å². The molecule has 0 radical (unpaired) electrons. The molecule has 0 amide bonds. The maximum Gasteiger partial charge on any atom is 0.303 e. The normalized spacial score (nSPS) is 10.9. The van der Waals surface area contributed by atoms with E-state index in [9.17, 15) is 10.1 Å². The number of aromatic nitrogens is 3. The molecule has 0 atom stereocenters. The second kappa shape index (κ2) is 8.00. The zero-order chi connectivity index (χ0) is 19.4. The summed E-state index contributed by atoms with van der Waals surface area (Å²) in [5, 5.41) is 22.9. The fourth-order valence-corrected chi connectivity index (χ4v) is 3.44. The van der Waals surface area contributed by atoms with Crippen LogP contribution in [0.3, 0.4) is 0 Å². The van der Waals surface area contributed by atoms with E-state index in [1.54, 1.807) is 12.4 Å². The van der Waals surface area contributed by atoms with E-state index in [1.165, 1.54) is 0 Å². The van der Waals surface area contributed by atoms with Crippen LogP contribution in [0.2, 0.25) is 0 Å². The number of carboxylic acid groups (broad SMARTS) is 1. The number of rotatable bonds is 7. The number of carboxylic acids is 1. The lowest BCUT2D eigenvalue weighted by Gasteiger charge is -2.15. The first-order chi connectivity index (χ1) is 13.0. The molecule has 0 aliphatic heterocycles. The van der Waals surface area contributed by atoms with Gasteiger partial charge in [-0.05, 0) is 56.4 Å². The Hall–Kier alpha value is -3.20. The Morgan fingerprint density at radius 1 is 1.30 bits per heavy atom. The summed E-state index contributed by atoms with van der Waals surface area (Å²) in [6.07, 6.45) is 6.49. The molecule has 0 saturated heterocycles. The zero-order valence-corrected chi connectivity index (χ0v) is 15.6. The molecule has 0 spiro atoms. The molecule has 27 heavy (non-hydrogen) atoms. The number of hydrogen-bond acceptors (Lipinski definition) is 4. The standard InChI is InChI=1S/C21H22N4O2/c1-3-17-8-9-19-21(16-10-15(11-22)12-23-13-16)18(14(2)24-25(17)19)6-4-5-7-20(26)27/h8-10,12-13H,3-7H2,1-2H3,(H,26,27). The molecule has 0 fully saturated rings. The Balaban J connectivity index is 2.13. The van der Waals surface area contributed by atoms with Crippen LogP contribution in [0.15, 0.2) is 30.6 Å². The third-order valence-electron chi connectivity index (χ3n) is 4.76. The van der Waals surface area contributed by atoms with Gasteiger partial charge in [0.1, 0.15) is 6.07 Å². The number of hydrogen-bond donors (Lipinski definition) is 1. The second-order valence-corrected chi connectivity index (χ2v) is 6.59. The van der Waals surface area contributed by atoms with Crippen molar-refractivity contribution in [2.75, 3.05) is 0 Å². The first-order valence-corrected chi connectivity index (χ1v) is 9.12. The fraction of sp³-hybridized carbons (Fsp3) is 0.333. The first-order valence-electron chi connectivity index (χ1n) is 9.12. The largest absolute Gasteiger partial charge is 0.481 e. The van der Waals surface area contributed by atoms with Crippen molar-refractivity contribution < 1.29 is 9.90 Å². The van der Waals surface area contributed by atoms with Gasteiger partial charge in [0, 0.05) is 35.6 Å². The van der Waals surface area contributed by atoms with Gasteiger partial charge in [0.15, 0.2) is 0 Å². The first kappa shape index (κ1) is 18.6. The monoisotopic (exact) mass is 362 g/mol. The van der Waals surface area contributed by atoms with Crippen molar-refractivity contribution in [3.05, 3.63) is 53.1 Å². The minimum atomic E-state index is -0.773. The van der Waals surface area contributed by atoms with Gasteiger partial charge in [-0.3, -0.25) is 9.78 Å². The lowest BCUT2D eigenvalue weighted by Crippen LogP contribution is -2.06. The summed E-state index contributed by atoms with van der Waals surface area (Å²) in [7, 11) is 0. The molecule has 3 aromatic rings. The Morgan fingerprint density at radius 2 is 2.11 bits per heavy atom. The Morgan fingerprint density at radius 3 is 2.81 bits per heavy atom. The molecular formula is C21H22N4O2. The van der Waals surface area contributed by atoms with Gasteiger partial charge in [0.2, 0.25) is 0 Å². The van der Waals surface area contributed by atoms with Gasteiger partial charge in [0.05, 0.1) is 16.8 Å². The Kier molecular flexibility index (Phi) is 5.51. The van der Waals surface area contributed by atoms with Crippen molar-refractivity contribution in [1.29, 1.82) is 5.26 Å². The van der Waals surface area contributed by atoms with Gasteiger partial charge >= 0.3 is 5.97 Å². The molecule has 6 nitrogen and oxygen atoms in total. The van der Waals surface area contributed by atoms with E-state index in [1.807, 2.05) is 17.5 Å². The maximum absolute atomic E-state index is 10.8. The fourth-order valence-electron chi connectivity index (χ4n) is 3.44. The van der Waals surface area contributed by atoms with Crippen LogP contribution in [0.25, 0.3) is 16.6 Å². The van der Waals surface area contributed by atoms with Crippen LogP contribution >= 0.6 is 0 Å². The Bertz CT molecular complexity index is 1030. The van der Waals surface area contributed by atoms with Crippen molar-refractivity contribution in [3.8, 4) is 17.2 Å². The average Bonchev–Trinajstić information content (AvgIpc) is 3.07. The second-order valence-electron chi connectivity index (χ2n) is 6.59. The lowest BCUT2D eigenvalue weighted by atomic mass is 9.95. The van der Waals surface area contributed by atoms with Crippen LogP contribution in [0.5, 0.6) is 0 Å². The van der Waals surface area contributed by atoms with Crippen molar-refractivity contribution in [3.63, 3.8) is 0 Å². The molecule has 0 aliphatic rings. The molecule has 0 aliphatic carbocycles. The van der Waals surface area contributed by atoms with E-state index in [2.05, 4.69) is 30.1 Å². The number of nitriles is 1. The van der Waals surface area contributed by atoms with E-state index < -0.39 is 5.97 Å². The number of unbranched alkanes of at least 4 members (excludes halogenated alkanes) is 1. The third-order valence-corrected chi connectivity index (χ3v) is 4.76. The van der Waals surface area contributed by atoms with Gasteiger partial charge in [-0.1, -0.05) is 6.92 Å². The van der Waals surface area contributed by atoms with Crippen molar-refractivity contribution in [2.45, 2.75) is 46.0 Å². The van der Waals surface area contributed by atoms with Crippen molar-refractivity contribution in [2.24, 2.45) is 0 Å². The van der Waals surface area contributed by atoms with Gasteiger partial charge in [-0.2, -0.15) is 10.4 Å². The number of pyridine rings is 1. The molecule has 3 rings (SSSR count). The molecule has 0 bridgehead atoms. The van der Waals surface area contributed by atoms with Crippen LogP contribution in [0.4, 0.5) is 0 Å². The number of carbonyl (C=O) groups is 1. The van der Waals surface area contributed by atoms with Crippen molar-refractivity contribution in [1.82, 2.24) is 14.6 Å². The summed E-state index contributed by atoms with van der Waals surface area (Å²) in [5.74, 6) is -0.773. The molecule has 6 heteroatoms. The van der Waals surface area contributed by atoms with E-state index >= 15 is 0 Å². The third kappa shape index (κ3) is 3.82. The molecule has 0 saturated carbocycles. The highest BCUT2D eigenvalue weighted by molar-refractivity contribution is 5.84. The SMILES string of the molecule is CCc1ccc2c(-c3cncc(C#N)c3)c(CCCCC(=O)O)c(C)nn12. The highest BCUT2D eigenvalue weighted by atomic mass is 16.4. The molecule has 1 N–H and O–H groups in total. The predicted octanol–water partition coefficient (Wildman–Crippen LogP) is 3.94. The summed E-state index contributed by atoms with van der Waals surface area (Å²) in [4.78, 5) is 15.0. The van der Waals surface area contributed by atoms with Gasteiger partial charge < -0.3 is 5.11 Å². The maximum atomic E-state index is 10.8. The van der Waals surface area contributed by atoms with Crippen molar-refractivity contribution >= 4 is 11.5 Å². The van der Waals surface area contributed by atoms with Crippen LogP contribution in [-0.4, -0.2) is 25.7 Å².